The van der Waals surface area contributed by atoms with E-state index in [2.05, 4.69) is 23.9 Å². The first-order valence-electron chi connectivity index (χ1n) is 4.33. The Balaban J connectivity index is 3.91. The Morgan fingerprint density at radius 1 is 1.25 bits per heavy atom. The molecule has 2 atom stereocenters. The van der Waals surface area contributed by atoms with Gasteiger partial charge in [0, 0.05) is 12.1 Å². The maximum Gasteiger partial charge on any atom is 0.309 e. The van der Waals surface area contributed by atoms with Crippen LogP contribution < -0.4 is 5.32 Å². The summed E-state index contributed by atoms with van der Waals surface area (Å²) in [4.78, 5) is 11.1. The molecule has 3 nitrogen and oxygen atoms in total. The summed E-state index contributed by atoms with van der Waals surface area (Å²) in [7, 11) is 1.42. The molecule has 0 fully saturated rings. The Bertz CT molecular complexity index is 145. The van der Waals surface area contributed by atoms with Gasteiger partial charge < -0.3 is 10.1 Å². The molecule has 72 valence electrons. The molecule has 0 heterocycles. The second-order valence-corrected chi connectivity index (χ2v) is 3.42. The molecule has 0 aliphatic rings. The molecule has 0 bridgehead atoms. The minimum atomic E-state index is -0.157. The summed E-state index contributed by atoms with van der Waals surface area (Å²) in [6, 6.07) is 0.560. The molecule has 0 aromatic heterocycles. The molecule has 2 unspecified atom stereocenters. The molecule has 0 aromatic rings. The summed E-state index contributed by atoms with van der Waals surface area (Å²) in [6.45, 7) is 7.97. The van der Waals surface area contributed by atoms with E-state index in [1.165, 1.54) is 7.11 Å². The van der Waals surface area contributed by atoms with Crippen LogP contribution in [-0.2, 0) is 9.53 Å². The predicted molar refractivity (Wildman–Crippen MR) is 48.9 cm³/mol. The Labute approximate surface area is 74.5 Å². The zero-order valence-corrected chi connectivity index (χ0v) is 8.55. The lowest BCUT2D eigenvalue weighted by atomic mass is 10.0. The molecule has 0 aliphatic heterocycles. The summed E-state index contributed by atoms with van der Waals surface area (Å²) in [5.74, 6) is -0.243. The van der Waals surface area contributed by atoms with Gasteiger partial charge in [0.05, 0.1) is 13.0 Å². The van der Waals surface area contributed by atoms with Gasteiger partial charge in [-0.1, -0.05) is 20.8 Å². The van der Waals surface area contributed by atoms with Crippen molar-refractivity contribution < 1.29 is 9.53 Å². The van der Waals surface area contributed by atoms with Gasteiger partial charge in [-0.25, -0.2) is 0 Å². The third kappa shape index (κ3) is 3.72. The molecule has 0 spiro atoms. The van der Waals surface area contributed by atoms with E-state index in [1.54, 1.807) is 0 Å². The van der Waals surface area contributed by atoms with E-state index >= 15 is 0 Å². The first-order valence-corrected chi connectivity index (χ1v) is 4.33. The molecule has 0 aliphatic carbocycles. The van der Waals surface area contributed by atoms with Crippen molar-refractivity contribution in [2.75, 3.05) is 7.11 Å². The van der Waals surface area contributed by atoms with Crippen LogP contribution in [0.3, 0.4) is 0 Å². The third-order valence-corrected chi connectivity index (χ3v) is 1.92. The molecule has 0 amide bonds. The van der Waals surface area contributed by atoms with Crippen LogP contribution in [-0.4, -0.2) is 25.2 Å². The van der Waals surface area contributed by atoms with Crippen molar-refractivity contribution in [1.29, 1.82) is 0 Å². The number of methoxy groups -OCH3 is 1. The van der Waals surface area contributed by atoms with E-state index in [1.807, 2.05) is 13.8 Å². The van der Waals surface area contributed by atoms with Crippen LogP contribution in [0.4, 0.5) is 0 Å². The van der Waals surface area contributed by atoms with E-state index in [-0.39, 0.29) is 17.9 Å². The number of nitrogens with one attached hydrogen (secondary N) is 1. The average molecular weight is 173 g/mol. The predicted octanol–water partition coefficient (Wildman–Crippen LogP) is 1.18. The first kappa shape index (κ1) is 11.4. The lowest BCUT2D eigenvalue weighted by Crippen LogP contribution is -2.40. The fourth-order valence-electron chi connectivity index (χ4n) is 1.06. The maximum atomic E-state index is 11.1. The lowest BCUT2D eigenvalue weighted by Gasteiger charge is -2.21. The summed E-state index contributed by atoms with van der Waals surface area (Å²) >= 11 is 0. The number of esters is 1. The molecule has 12 heavy (non-hydrogen) atoms. The van der Waals surface area contributed by atoms with Crippen molar-refractivity contribution in [3.63, 3.8) is 0 Å². The van der Waals surface area contributed by atoms with Crippen molar-refractivity contribution in [3.8, 4) is 0 Å². The van der Waals surface area contributed by atoms with Crippen LogP contribution in [0.2, 0.25) is 0 Å². The minimum Gasteiger partial charge on any atom is -0.469 e. The van der Waals surface area contributed by atoms with Gasteiger partial charge in [-0.2, -0.15) is 0 Å². The lowest BCUT2D eigenvalue weighted by molar-refractivity contribution is -0.145. The number of hydrogen-bond acceptors (Lipinski definition) is 3. The monoisotopic (exact) mass is 173 g/mol. The van der Waals surface area contributed by atoms with Crippen LogP contribution >= 0.6 is 0 Å². The van der Waals surface area contributed by atoms with Crippen LogP contribution in [0.1, 0.15) is 27.7 Å². The first-order chi connectivity index (χ1) is 5.49. The molecule has 1 N–H and O–H groups in total. The standard InChI is InChI=1S/C9H19NO2/c1-6(2)10-8(4)7(3)9(11)12-5/h6-8,10H,1-5H3. The van der Waals surface area contributed by atoms with E-state index in [9.17, 15) is 4.79 Å². The Hall–Kier alpha value is -0.570. The van der Waals surface area contributed by atoms with Gasteiger partial charge in [0.15, 0.2) is 0 Å². The minimum absolute atomic E-state index is 0.0857. The molecular formula is C9H19NO2. The highest BCUT2D eigenvalue weighted by molar-refractivity contribution is 5.72. The Kier molecular flexibility index (Phi) is 4.90. The molecule has 0 rings (SSSR count). The van der Waals surface area contributed by atoms with Gasteiger partial charge in [0.2, 0.25) is 0 Å². The highest BCUT2D eigenvalue weighted by atomic mass is 16.5. The van der Waals surface area contributed by atoms with E-state index in [4.69, 9.17) is 0 Å². The Morgan fingerprint density at radius 2 is 1.75 bits per heavy atom. The summed E-state index contributed by atoms with van der Waals surface area (Å²) in [6.07, 6.45) is 0. The highest BCUT2D eigenvalue weighted by Crippen LogP contribution is 2.05. The summed E-state index contributed by atoms with van der Waals surface area (Å²) in [5, 5.41) is 3.26. The zero-order chi connectivity index (χ0) is 9.72. The van der Waals surface area contributed by atoms with Gasteiger partial charge in [0.1, 0.15) is 0 Å². The quantitative estimate of drug-likeness (QED) is 0.649. The molecule has 3 heteroatoms. The van der Waals surface area contributed by atoms with E-state index in [0.29, 0.717) is 6.04 Å². The smallest absolute Gasteiger partial charge is 0.309 e. The average Bonchev–Trinajstić information content (AvgIpc) is 2.00. The van der Waals surface area contributed by atoms with Crippen molar-refractivity contribution >= 4 is 5.97 Å². The van der Waals surface area contributed by atoms with E-state index < -0.39 is 0 Å². The SMILES string of the molecule is COC(=O)C(C)C(C)NC(C)C. The maximum absolute atomic E-state index is 11.1. The second-order valence-electron chi connectivity index (χ2n) is 3.42. The third-order valence-electron chi connectivity index (χ3n) is 1.92. The topological polar surface area (TPSA) is 38.3 Å². The van der Waals surface area contributed by atoms with E-state index in [0.717, 1.165) is 0 Å². The number of carbonyl (C=O) groups is 1. The number of rotatable bonds is 4. The number of carbonyl (C=O) groups excluding carboxylic acids is 1. The molecule has 0 saturated carbocycles. The molecule has 0 radical (unpaired) electrons. The van der Waals surface area contributed by atoms with Crippen molar-refractivity contribution in [2.45, 2.75) is 39.8 Å². The fraction of sp³-hybridized carbons (Fsp3) is 0.889. The van der Waals surface area contributed by atoms with Crippen LogP contribution in [0, 0.1) is 5.92 Å². The zero-order valence-electron chi connectivity index (χ0n) is 8.55. The van der Waals surface area contributed by atoms with Crippen molar-refractivity contribution in [3.05, 3.63) is 0 Å². The molecule has 0 saturated heterocycles. The fourth-order valence-corrected chi connectivity index (χ4v) is 1.06. The van der Waals surface area contributed by atoms with Crippen molar-refractivity contribution in [1.82, 2.24) is 5.32 Å². The number of hydrogen-bond donors (Lipinski definition) is 1. The summed E-state index contributed by atoms with van der Waals surface area (Å²) < 4.78 is 4.64. The highest BCUT2D eigenvalue weighted by Gasteiger charge is 2.20. The number of ether oxygens (including phenoxy) is 1. The normalized spacial score (nSPS) is 15.8. The largest absolute Gasteiger partial charge is 0.469 e. The van der Waals surface area contributed by atoms with Gasteiger partial charge in [0.25, 0.3) is 0 Å². The van der Waals surface area contributed by atoms with Gasteiger partial charge >= 0.3 is 5.97 Å². The van der Waals surface area contributed by atoms with Gasteiger partial charge in [-0.15, -0.1) is 0 Å². The van der Waals surface area contributed by atoms with Crippen LogP contribution in [0.5, 0.6) is 0 Å². The van der Waals surface area contributed by atoms with Crippen LogP contribution in [0.15, 0.2) is 0 Å². The Morgan fingerprint density at radius 3 is 2.08 bits per heavy atom. The van der Waals surface area contributed by atoms with Gasteiger partial charge in [-0.05, 0) is 6.92 Å². The second kappa shape index (κ2) is 5.14. The molecular weight excluding hydrogens is 154 g/mol. The summed E-state index contributed by atoms with van der Waals surface area (Å²) in [5.41, 5.74) is 0. The van der Waals surface area contributed by atoms with Crippen LogP contribution in [0.25, 0.3) is 0 Å². The molecule has 0 aromatic carbocycles. The van der Waals surface area contributed by atoms with Gasteiger partial charge in [-0.3, -0.25) is 4.79 Å². The van der Waals surface area contributed by atoms with Crippen molar-refractivity contribution in [2.24, 2.45) is 5.92 Å².